The smallest absolute Gasteiger partial charge is 0.417 e. The van der Waals surface area contributed by atoms with Crippen molar-refractivity contribution in [1.29, 1.82) is 0 Å². The number of non-ortho nitro benzene ring substituents is 1. The quantitative estimate of drug-likeness (QED) is 0.0330. The summed E-state index contributed by atoms with van der Waals surface area (Å²) < 4.78 is 30.7. The Balaban J connectivity index is 1.46. The number of nitro groups is 1. The SMILES string of the molecule is C=CCOC12Oc3ccc(OC(=O)Nc4ccc(OC)cc4OC)cc3C3C(CCCCO)C(CCCCO)C=C(C(=NOC)CC1N(C)C(=O)C=Cc1ccc([N+](=O)[O-])cc1)C32. The molecule has 2 aliphatic carbocycles. The molecular formula is C47H56N4O12. The van der Waals surface area contributed by atoms with Crippen LogP contribution in [0, 0.1) is 27.9 Å². The van der Waals surface area contributed by atoms with E-state index in [1.54, 1.807) is 66.6 Å². The average molecular weight is 869 g/mol. The van der Waals surface area contributed by atoms with Crippen molar-refractivity contribution in [3.63, 3.8) is 0 Å². The van der Waals surface area contributed by atoms with Crippen molar-refractivity contribution in [2.75, 3.05) is 53.5 Å². The lowest BCUT2D eigenvalue weighted by atomic mass is 9.55. The number of oxime groups is 1. The number of anilines is 1. The fraction of sp³-hybridized carbons (Fsp3) is 0.426. The first-order chi connectivity index (χ1) is 30.5. The van der Waals surface area contributed by atoms with Gasteiger partial charge in [-0.2, -0.15) is 0 Å². The van der Waals surface area contributed by atoms with Gasteiger partial charge in [0.2, 0.25) is 11.7 Å². The number of amides is 2. The van der Waals surface area contributed by atoms with Gasteiger partial charge in [0.05, 0.1) is 43.1 Å². The van der Waals surface area contributed by atoms with Crippen LogP contribution in [0.1, 0.15) is 62.0 Å². The van der Waals surface area contributed by atoms with Crippen molar-refractivity contribution in [1.82, 2.24) is 4.90 Å². The number of ether oxygens (including phenoxy) is 5. The number of hydrogen-bond donors (Lipinski definition) is 3. The van der Waals surface area contributed by atoms with E-state index in [-0.39, 0.29) is 61.3 Å². The summed E-state index contributed by atoms with van der Waals surface area (Å²) in [5, 5.41) is 38.3. The number of rotatable bonds is 20. The number of nitrogens with one attached hydrogen (secondary N) is 1. The van der Waals surface area contributed by atoms with Crippen molar-refractivity contribution in [3.8, 4) is 23.0 Å². The van der Waals surface area contributed by atoms with Crippen LogP contribution in [0.4, 0.5) is 16.2 Å². The Kier molecular flexibility index (Phi) is 15.6. The number of fused-ring (bicyclic) bond motifs is 2. The molecule has 3 aliphatic rings. The van der Waals surface area contributed by atoms with Crippen LogP contribution < -0.4 is 24.3 Å². The van der Waals surface area contributed by atoms with Crippen molar-refractivity contribution in [3.05, 3.63) is 112 Å². The van der Waals surface area contributed by atoms with E-state index in [2.05, 4.69) is 23.1 Å². The topological polar surface area (TPSA) is 201 Å². The molecule has 2 amide bonds. The summed E-state index contributed by atoms with van der Waals surface area (Å²) in [5.74, 6) is -1.20. The summed E-state index contributed by atoms with van der Waals surface area (Å²) in [6.45, 7) is 4.11. The summed E-state index contributed by atoms with van der Waals surface area (Å²) in [5.41, 5.74) is 3.14. The lowest BCUT2D eigenvalue weighted by Gasteiger charge is -2.59. The molecule has 1 fully saturated rings. The minimum Gasteiger partial charge on any atom is -0.497 e. The average Bonchev–Trinajstić information content (AvgIpc) is 3.29. The van der Waals surface area contributed by atoms with Gasteiger partial charge in [0.15, 0.2) is 0 Å². The van der Waals surface area contributed by atoms with Crippen molar-refractivity contribution in [2.24, 2.45) is 22.9 Å². The highest BCUT2D eigenvalue weighted by Gasteiger charge is 2.65. The van der Waals surface area contributed by atoms with E-state index in [0.717, 1.165) is 30.4 Å². The van der Waals surface area contributed by atoms with Crippen molar-refractivity contribution < 1.29 is 53.2 Å². The molecule has 1 heterocycles. The lowest BCUT2D eigenvalue weighted by molar-refractivity contribution is -0.384. The maximum Gasteiger partial charge on any atom is 0.417 e. The van der Waals surface area contributed by atoms with Gasteiger partial charge in [-0.1, -0.05) is 30.1 Å². The van der Waals surface area contributed by atoms with Crippen LogP contribution in [0.5, 0.6) is 23.0 Å². The number of carbonyl (C=O) groups excluding carboxylic acids is 2. The molecule has 0 aromatic heterocycles. The third kappa shape index (κ3) is 10.2. The molecule has 3 aromatic rings. The van der Waals surface area contributed by atoms with Crippen LogP contribution in [0.15, 0.2) is 96.2 Å². The number of nitrogens with zero attached hydrogens (tertiary/aromatic N) is 3. The second-order valence-electron chi connectivity index (χ2n) is 15.7. The monoisotopic (exact) mass is 868 g/mol. The number of allylic oxidation sites excluding steroid dienone is 1. The Bertz CT molecular complexity index is 2210. The van der Waals surface area contributed by atoms with Crippen molar-refractivity contribution in [2.45, 2.75) is 62.7 Å². The number of methoxy groups -OCH3 is 2. The third-order valence-electron chi connectivity index (χ3n) is 12.0. The third-order valence-corrected chi connectivity index (χ3v) is 12.0. The van der Waals surface area contributed by atoms with E-state index in [9.17, 15) is 29.9 Å². The fourth-order valence-electron chi connectivity index (χ4n) is 9.19. The normalized spacial score (nSPS) is 22.8. The second-order valence-corrected chi connectivity index (χ2v) is 15.7. The van der Waals surface area contributed by atoms with Crippen LogP contribution in [0.2, 0.25) is 0 Å². The molecule has 6 unspecified atom stereocenters. The van der Waals surface area contributed by atoms with Gasteiger partial charge >= 0.3 is 6.09 Å². The first-order valence-electron chi connectivity index (χ1n) is 21.0. The number of unbranched alkanes of at least 4 members (excludes halogenated alkanes) is 2. The largest absolute Gasteiger partial charge is 0.497 e. The van der Waals surface area contributed by atoms with Crippen LogP contribution in [-0.2, 0) is 14.4 Å². The number of aliphatic hydroxyl groups excluding tert-OH is 2. The standard InChI is InChI=1S/C47H56N4O12/c1-6-25-61-47-42(50(2)43(54)22-15-30-13-16-32(17-14-30)51(56)57)29-39(49-60-5)36-26-31(11-7-9-23-52)35(12-8-10-24-53)44(45(36)47)37-27-34(19-21-40(37)63-47)62-46(55)48-38-20-18-33(58-3)28-41(38)59-4/h6,13-22,26-28,31,35,42,44-45,52-53H,1,7-12,23-25,29H2,2-5H3,(H,48,55). The Morgan fingerprint density at radius 3 is 2.40 bits per heavy atom. The van der Waals surface area contributed by atoms with E-state index in [0.29, 0.717) is 53.5 Å². The molecule has 336 valence electrons. The molecule has 16 heteroatoms. The number of carbonyl (C=O) groups is 2. The predicted octanol–water partition coefficient (Wildman–Crippen LogP) is 7.66. The van der Waals surface area contributed by atoms with Crippen LogP contribution >= 0.6 is 0 Å². The Morgan fingerprint density at radius 1 is 1.00 bits per heavy atom. The first-order valence-corrected chi connectivity index (χ1v) is 21.0. The Labute approximate surface area is 366 Å². The summed E-state index contributed by atoms with van der Waals surface area (Å²) in [6.07, 6.45) is 10.4. The minimum absolute atomic E-state index is 0.00689. The van der Waals surface area contributed by atoms with Gasteiger partial charge in [0, 0.05) is 62.4 Å². The zero-order valence-corrected chi connectivity index (χ0v) is 36.1. The zero-order valence-electron chi connectivity index (χ0n) is 36.1. The molecular weight excluding hydrogens is 813 g/mol. The Hall–Kier alpha value is -6.23. The maximum absolute atomic E-state index is 14.2. The maximum atomic E-state index is 14.2. The van der Waals surface area contributed by atoms with E-state index >= 15 is 0 Å². The van der Waals surface area contributed by atoms with Gasteiger partial charge in [-0.15, -0.1) is 6.58 Å². The minimum atomic E-state index is -1.49. The zero-order chi connectivity index (χ0) is 45.1. The van der Waals surface area contributed by atoms with Crippen molar-refractivity contribution >= 4 is 35.2 Å². The van der Waals surface area contributed by atoms with Crippen LogP contribution in [0.3, 0.4) is 0 Å². The summed E-state index contributed by atoms with van der Waals surface area (Å²) in [7, 11) is 6.16. The van der Waals surface area contributed by atoms with Crippen LogP contribution in [-0.4, -0.2) is 97.8 Å². The van der Waals surface area contributed by atoms with Gasteiger partial charge in [-0.25, -0.2) is 4.79 Å². The van der Waals surface area contributed by atoms with E-state index in [1.807, 2.05) is 6.07 Å². The molecule has 3 aromatic carbocycles. The van der Waals surface area contributed by atoms with Gasteiger partial charge < -0.3 is 43.6 Å². The molecule has 0 spiro atoms. The highest BCUT2D eigenvalue weighted by atomic mass is 16.7. The lowest BCUT2D eigenvalue weighted by Crippen LogP contribution is -2.69. The number of nitro benzene ring substituents is 1. The molecule has 1 aliphatic heterocycles. The van der Waals surface area contributed by atoms with E-state index in [1.165, 1.54) is 39.5 Å². The second kappa shape index (κ2) is 21.2. The fourth-order valence-corrected chi connectivity index (χ4v) is 9.19. The Morgan fingerprint density at radius 2 is 1.73 bits per heavy atom. The number of benzene rings is 3. The molecule has 0 radical (unpaired) electrons. The molecule has 63 heavy (non-hydrogen) atoms. The summed E-state index contributed by atoms with van der Waals surface area (Å²) >= 11 is 0. The molecule has 6 atom stereocenters. The van der Waals surface area contributed by atoms with Gasteiger partial charge in [0.25, 0.3) is 5.69 Å². The van der Waals surface area contributed by atoms with Crippen LogP contribution in [0.25, 0.3) is 6.08 Å². The summed E-state index contributed by atoms with van der Waals surface area (Å²) in [6, 6.07) is 15.3. The molecule has 3 N–H and O–H groups in total. The number of aliphatic hydroxyl groups is 2. The highest BCUT2D eigenvalue weighted by Crippen LogP contribution is 2.61. The van der Waals surface area contributed by atoms with E-state index < -0.39 is 28.8 Å². The number of likely N-dealkylation sites (N-methyl/N-ethyl adjacent to an activating group) is 1. The summed E-state index contributed by atoms with van der Waals surface area (Å²) in [4.78, 5) is 45.5. The molecule has 0 bridgehead atoms. The molecule has 6 rings (SSSR count). The van der Waals surface area contributed by atoms with Gasteiger partial charge in [0.1, 0.15) is 36.1 Å². The van der Waals surface area contributed by atoms with Gasteiger partial charge in [-0.05, 0) is 97.2 Å². The predicted molar refractivity (Wildman–Crippen MR) is 236 cm³/mol. The first kappa shape index (κ1) is 46.3. The number of hydrogen-bond acceptors (Lipinski definition) is 13. The molecule has 16 nitrogen and oxygen atoms in total. The van der Waals surface area contributed by atoms with E-state index in [4.69, 9.17) is 28.5 Å². The molecule has 1 saturated carbocycles. The van der Waals surface area contributed by atoms with Gasteiger partial charge in [-0.3, -0.25) is 20.2 Å². The highest BCUT2D eigenvalue weighted by molar-refractivity contribution is 6.03. The molecule has 0 saturated heterocycles.